The van der Waals surface area contributed by atoms with Gasteiger partial charge in [0.2, 0.25) is 0 Å². The molecule has 0 amide bonds. The van der Waals surface area contributed by atoms with E-state index in [1.54, 1.807) is 0 Å². The number of hydrogen-bond acceptors (Lipinski definition) is 2. The zero-order valence-corrected chi connectivity index (χ0v) is 11.2. The normalized spacial score (nSPS) is 35.7. The molecule has 98 valence electrons. The van der Waals surface area contributed by atoms with Crippen molar-refractivity contribution in [3.63, 3.8) is 0 Å². The molecule has 4 atom stereocenters. The molecular formula is C15H26O2. The van der Waals surface area contributed by atoms with Crippen LogP contribution >= 0.6 is 0 Å². The molecular weight excluding hydrogens is 212 g/mol. The van der Waals surface area contributed by atoms with Crippen molar-refractivity contribution in [1.29, 1.82) is 0 Å². The van der Waals surface area contributed by atoms with Gasteiger partial charge in [-0.15, -0.1) is 0 Å². The third-order valence-corrected chi connectivity index (χ3v) is 4.18. The Morgan fingerprint density at radius 2 is 2.35 bits per heavy atom. The van der Waals surface area contributed by atoms with Crippen LogP contribution in [-0.2, 0) is 4.74 Å². The van der Waals surface area contributed by atoms with Crippen LogP contribution in [-0.4, -0.2) is 23.9 Å². The van der Waals surface area contributed by atoms with E-state index in [2.05, 4.69) is 19.9 Å². The fourth-order valence-corrected chi connectivity index (χ4v) is 3.35. The molecule has 2 aliphatic rings. The monoisotopic (exact) mass is 238 g/mol. The molecule has 2 nitrogen and oxygen atoms in total. The first-order valence-electron chi connectivity index (χ1n) is 7.12. The quantitative estimate of drug-likeness (QED) is 0.761. The summed E-state index contributed by atoms with van der Waals surface area (Å²) in [5.41, 5.74) is 1.45. The molecule has 2 rings (SSSR count). The van der Waals surface area contributed by atoms with E-state index in [-0.39, 0.29) is 6.10 Å². The summed E-state index contributed by atoms with van der Waals surface area (Å²) in [7, 11) is 0. The highest BCUT2D eigenvalue weighted by Crippen LogP contribution is 2.32. The number of rotatable bonds is 4. The first-order chi connectivity index (χ1) is 8.15. The van der Waals surface area contributed by atoms with Crippen LogP contribution in [0.1, 0.15) is 52.4 Å². The highest BCUT2D eigenvalue weighted by atomic mass is 16.5. The van der Waals surface area contributed by atoms with Gasteiger partial charge in [0.15, 0.2) is 0 Å². The van der Waals surface area contributed by atoms with Gasteiger partial charge in [0.05, 0.1) is 12.2 Å². The molecule has 1 aliphatic heterocycles. The summed E-state index contributed by atoms with van der Waals surface area (Å²) in [5.74, 6) is 1.10. The van der Waals surface area contributed by atoms with Crippen LogP contribution in [0.25, 0.3) is 0 Å². The molecule has 2 heteroatoms. The second-order valence-electron chi connectivity index (χ2n) is 5.97. The first kappa shape index (κ1) is 13.1. The van der Waals surface area contributed by atoms with E-state index in [0.29, 0.717) is 17.9 Å². The van der Waals surface area contributed by atoms with Gasteiger partial charge >= 0.3 is 0 Å². The third-order valence-electron chi connectivity index (χ3n) is 4.18. The number of aliphatic hydroxyl groups excluding tert-OH is 1. The van der Waals surface area contributed by atoms with Gasteiger partial charge in [-0.2, -0.15) is 0 Å². The number of ether oxygens (including phenoxy) is 1. The molecule has 4 unspecified atom stereocenters. The lowest BCUT2D eigenvalue weighted by molar-refractivity contribution is 0.0520. The molecule has 1 aliphatic carbocycles. The van der Waals surface area contributed by atoms with Gasteiger partial charge < -0.3 is 9.84 Å². The summed E-state index contributed by atoms with van der Waals surface area (Å²) < 4.78 is 5.61. The lowest BCUT2D eigenvalue weighted by Crippen LogP contribution is -2.26. The number of hydrogen-bond donors (Lipinski definition) is 1. The molecule has 0 bridgehead atoms. The minimum absolute atomic E-state index is 0.134. The number of aliphatic hydroxyl groups is 1. The molecule has 0 radical (unpaired) electrons. The van der Waals surface area contributed by atoms with E-state index < -0.39 is 0 Å². The van der Waals surface area contributed by atoms with E-state index in [1.807, 2.05) is 0 Å². The van der Waals surface area contributed by atoms with Gasteiger partial charge in [-0.25, -0.2) is 0 Å². The largest absolute Gasteiger partial charge is 0.393 e. The Labute approximate surface area is 105 Å². The second-order valence-corrected chi connectivity index (χ2v) is 5.97. The summed E-state index contributed by atoms with van der Waals surface area (Å²) in [5, 5.41) is 10.3. The van der Waals surface area contributed by atoms with E-state index in [4.69, 9.17) is 4.74 Å². The minimum atomic E-state index is -0.134. The van der Waals surface area contributed by atoms with Crippen LogP contribution in [0.5, 0.6) is 0 Å². The van der Waals surface area contributed by atoms with Crippen molar-refractivity contribution in [2.24, 2.45) is 11.8 Å². The van der Waals surface area contributed by atoms with E-state index in [9.17, 15) is 5.11 Å². The minimum Gasteiger partial charge on any atom is -0.393 e. The second kappa shape index (κ2) is 6.01. The lowest BCUT2D eigenvalue weighted by atomic mass is 9.79. The Morgan fingerprint density at radius 3 is 3.00 bits per heavy atom. The average Bonchev–Trinajstić information content (AvgIpc) is 2.77. The van der Waals surface area contributed by atoms with Crippen molar-refractivity contribution < 1.29 is 9.84 Å². The van der Waals surface area contributed by atoms with Crippen molar-refractivity contribution in [3.05, 3.63) is 11.6 Å². The van der Waals surface area contributed by atoms with Crippen molar-refractivity contribution >= 4 is 0 Å². The van der Waals surface area contributed by atoms with Crippen molar-refractivity contribution in [2.75, 3.05) is 6.61 Å². The van der Waals surface area contributed by atoms with Crippen LogP contribution in [0.2, 0.25) is 0 Å². The Kier molecular flexibility index (Phi) is 4.63. The molecule has 0 aromatic heterocycles. The van der Waals surface area contributed by atoms with Gasteiger partial charge in [0.25, 0.3) is 0 Å². The van der Waals surface area contributed by atoms with Crippen molar-refractivity contribution in [3.8, 4) is 0 Å². The van der Waals surface area contributed by atoms with Crippen LogP contribution in [0.15, 0.2) is 11.6 Å². The van der Waals surface area contributed by atoms with Gasteiger partial charge in [-0.05, 0) is 57.3 Å². The fraction of sp³-hybridized carbons (Fsp3) is 0.867. The average molecular weight is 238 g/mol. The summed E-state index contributed by atoms with van der Waals surface area (Å²) >= 11 is 0. The van der Waals surface area contributed by atoms with Crippen molar-refractivity contribution in [1.82, 2.24) is 0 Å². The molecule has 1 fully saturated rings. The standard InChI is InChI=1S/C15H26O2/c1-11-8-12(2)10-13(9-11)15(16)6-5-14-4-3-7-17-14/h8,11,13-16H,3-7,9-10H2,1-2H3. The molecule has 0 aromatic carbocycles. The molecule has 0 aromatic rings. The maximum Gasteiger partial charge on any atom is 0.0577 e. The summed E-state index contributed by atoms with van der Waals surface area (Å²) in [6, 6.07) is 0. The van der Waals surface area contributed by atoms with E-state index in [0.717, 1.165) is 32.3 Å². The van der Waals surface area contributed by atoms with Crippen molar-refractivity contribution in [2.45, 2.75) is 64.6 Å². The molecule has 17 heavy (non-hydrogen) atoms. The topological polar surface area (TPSA) is 29.5 Å². The van der Waals surface area contributed by atoms with Crippen LogP contribution in [0.3, 0.4) is 0 Å². The summed E-state index contributed by atoms with van der Waals surface area (Å²) in [6.07, 6.45) is 9.19. The summed E-state index contributed by atoms with van der Waals surface area (Å²) in [6.45, 7) is 5.36. The maximum atomic E-state index is 10.3. The van der Waals surface area contributed by atoms with Gasteiger partial charge in [0.1, 0.15) is 0 Å². The van der Waals surface area contributed by atoms with Gasteiger partial charge in [-0.1, -0.05) is 18.6 Å². The highest BCUT2D eigenvalue weighted by Gasteiger charge is 2.26. The highest BCUT2D eigenvalue weighted by molar-refractivity contribution is 5.07. The molecule has 0 saturated carbocycles. The van der Waals surface area contributed by atoms with Crippen LogP contribution < -0.4 is 0 Å². The summed E-state index contributed by atoms with van der Waals surface area (Å²) in [4.78, 5) is 0. The predicted molar refractivity (Wildman–Crippen MR) is 69.9 cm³/mol. The zero-order chi connectivity index (χ0) is 12.3. The molecule has 1 saturated heterocycles. The Morgan fingerprint density at radius 1 is 1.53 bits per heavy atom. The Bertz CT molecular complexity index is 266. The number of allylic oxidation sites excluding steroid dienone is 2. The van der Waals surface area contributed by atoms with Gasteiger partial charge in [0, 0.05) is 6.61 Å². The Balaban J connectivity index is 1.75. The van der Waals surface area contributed by atoms with Crippen LogP contribution in [0, 0.1) is 11.8 Å². The fourth-order valence-electron chi connectivity index (χ4n) is 3.35. The van der Waals surface area contributed by atoms with E-state index >= 15 is 0 Å². The predicted octanol–water partition coefficient (Wildman–Crippen LogP) is 3.30. The smallest absolute Gasteiger partial charge is 0.0577 e. The van der Waals surface area contributed by atoms with Crippen LogP contribution in [0.4, 0.5) is 0 Å². The lowest BCUT2D eigenvalue weighted by Gasteiger charge is -2.29. The Hall–Kier alpha value is -0.340. The van der Waals surface area contributed by atoms with E-state index in [1.165, 1.54) is 18.4 Å². The first-order valence-corrected chi connectivity index (χ1v) is 7.12. The zero-order valence-electron chi connectivity index (χ0n) is 11.2. The maximum absolute atomic E-state index is 10.3. The molecule has 1 heterocycles. The SMILES string of the molecule is CC1=CC(C)CC(C(O)CCC2CCCO2)C1. The molecule has 0 spiro atoms. The third kappa shape index (κ3) is 3.82. The van der Waals surface area contributed by atoms with Gasteiger partial charge in [-0.3, -0.25) is 0 Å². The molecule has 1 N–H and O–H groups in total.